The molecule has 1 aromatic carbocycles. The Morgan fingerprint density at radius 1 is 1.16 bits per heavy atom. The zero-order valence-corrected chi connectivity index (χ0v) is 13.8. The lowest BCUT2D eigenvalue weighted by Gasteiger charge is -2.10. The highest BCUT2D eigenvalue weighted by molar-refractivity contribution is 5.92. The Hall–Kier alpha value is -3.29. The largest absolute Gasteiger partial charge is 0.497 e. The Balaban J connectivity index is 1.68. The van der Waals surface area contributed by atoms with Crippen molar-refractivity contribution in [2.24, 2.45) is 0 Å². The van der Waals surface area contributed by atoms with Gasteiger partial charge in [0.15, 0.2) is 5.65 Å². The van der Waals surface area contributed by atoms with E-state index in [1.165, 1.54) is 23.3 Å². The molecule has 25 heavy (non-hydrogen) atoms. The van der Waals surface area contributed by atoms with E-state index in [4.69, 9.17) is 14.2 Å². The van der Waals surface area contributed by atoms with Crippen LogP contribution in [0.15, 0.2) is 47.4 Å². The average molecular weight is 343 g/mol. The molecule has 8 nitrogen and oxygen atoms in total. The van der Waals surface area contributed by atoms with Crippen LogP contribution in [0.3, 0.4) is 0 Å². The lowest BCUT2D eigenvalue weighted by atomic mass is 10.2. The molecule has 3 aromatic rings. The van der Waals surface area contributed by atoms with Gasteiger partial charge in [-0.1, -0.05) is 6.07 Å². The third kappa shape index (κ3) is 3.32. The molecule has 0 aliphatic carbocycles. The second kappa shape index (κ2) is 7.08. The number of pyridine rings is 1. The number of methoxy groups -OCH3 is 2. The smallest absolute Gasteiger partial charge is 0.350 e. The van der Waals surface area contributed by atoms with Gasteiger partial charge in [-0.3, -0.25) is 4.40 Å². The van der Waals surface area contributed by atoms with Crippen LogP contribution in [0.2, 0.25) is 0 Å². The number of carbonyl (C=O) groups is 1. The summed E-state index contributed by atoms with van der Waals surface area (Å²) in [7, 11) is 2.99. The van der Waals surface area contributed by atoms with Gasteiger partial charge in [-0.25, -0.2) is 14.3 Å². The van der Waals surface area contributed by atoms with Crippen molar-refractivity contribution in [3.8, 4) is 11.5 Å². The maximum absolute atomic E-state index is 12.2. The Bertz CT molecular complexity index is 960. The molecule has 0 N–H and O–H groups in total. The van der Waals surface area contributed by atoms with Crippen LogP contribution < -0.4 is 15.2 Å². The number of fused-ring (bicyclic) bond motifs is 1. The molecule has 0 aliphatic heterocycles. The topological polar surface area (TPSA) is 84.1 Å². The van der Waals surface area contributed by atoms with E-state index in [1.54, 1.807) is 42.6 Å². The minimum Gasteiger partial charge on any atom is -0.497 e. The predicted octanol–water partition coefficient (Wildman–Crippen LogP) is 1.37. The van der Waals surface area contributed by atoms with E-state index in [2.05, 4.69) is 5.10 Å². The van der Waals surface area contributed by atoms with Crippen LogP contribution in [0, 0.1) is 0 Å². The van der Waals surface area contributed by atoms with E-state index < -0.39 is 5.97 Å². The Labute approximate surface area is 143 Å². The monoisotopic (exact) mass is 343 g/mol. The molecule has 0 unspecified atom stereocenters. The number of benzene rings is 1. The molecule has 0 saturated heterocycles. The minimum absolute atomic E-state index is 0.0117. The Kier molecular flexibility index (Phi) is 4.69. The molecule has 0 radical (unpaired) electrons. The summed E-state index contributed by atoms with van der Waals surface area (Å²) in [5, 5.41) is 4.17. The van der Waals surface area contributed by atoms with E-state index >= 15 is 0 Å². The first-order valence-electron chi connectivity index (χ1n) is 7.57. The quantitative estimate of drug-likeness (QED) is 0.629. The third-order valence-corrected chi connectivity index (χ3v) is 3.65. The van der Waals surface area contributed by atoms with Crippen molar-refractivity contribution < 1.29 is 19.0 Å². The molecule has 0 fully saturated rings. The number of esters is 1. The van der Waals surface area contributed by atoms with Gasteiger partial charge in [0.25, 0.3) is 0 Å². The molecule has 2 heterocycles. The maximum atomic E-state index is 12.2. The zero-order chi connectivity index (χ0) is 17.8. The number of hydrogen-bond donors (Lipinski definition) is 0. The second-order valence-corrected chi connectivity index (χ2v) is 5.14. The summed E-state index contributed by atoms with van der Waals surface area (Å²) in [6, 6.07) is 10.1. The van der Waals surface area contributed by atoms with Crippen LogP contribution in [0.5, 0.6) is 11.5 Å². The van der Waals surface area contributed by atoms with Gasteiger partial charge in [0.1, 0.15) is 23.7 Å². The van der Waals surface area contributed by atoms with Crippen molar-refractivity contribution in [3.63, 3.8) is 0 Å². The Morgan fingerprint density at radius 2 is 2.00 bits per heavy atom. The van der Waals surface area contributed by atoms with Crippen molar-refractivity contribution in [1.82, 2.24) is 14.2 Å². The van der Waals surface area contributed by atoms with Crippen molar-refractivity contribution in [2.45, 2.75) is 6.54 Å². The van der Waals surface area contributed by atoms with Crippen LogP contribution in [-0.2, 0) is 11.3 Å². The highest BCUT2D eigenvalue weighted by Gasteiger charge is 2.15. The predicted molar refractivity (Wildman–Crippen MR) is 89.3 cm³/mol. The van der Waals surface area contributed by atoms with Crippen LogP contribution in [-0.4, -0.2) is 41.0 Å². The van der Waals surface area contributed by atoms with Crippen molar-refractivity contribution >= 4 is 11.6 Å². The summed E-state index contributed by atoms with van der Waals surface area (Å²) in [4.78, 5) is 24.3. The van der Waals surface area contributed by atoms with Crippen LogP contribution >= 0.6 is 0 Å². The first-order chi connectivity index (χ1) is 12.1. The van der Waals surface area contributed by atoms with Gasteiger partial charge in [0.05, 0.1) is 20.8 Å². The fourth-order valence-electron chi connectivity index (χ4n) is 2.38. The molecule has 0 atom stereocenters. The highest BCUT2D eigenvalue weighted by Crippen LogP contribution is 2.25. The van der Waals surface area contributed by atoms with E-state index in [0.717, 1.165) is 0 Å². The third-order valence-electron chi connectivity index (χ3n) is 3.65. The summed E-state index contributed by atoms with van der Waals surface area (Å²) < 4.78 is 18.2. The average Bonchev–Trinajstić information content (AvgIpc) is 2.97. The van der Waals surface area contributed by atoms with Crippen molar-refractivity contribution in [3.05, 3.63) is 58.6 Å². The number of nitrogens with zero attached hydrogens (tertiary/aromatic N) is 3. The lowest BCUT2D eigenvalue weighted by Crippen LogP contribution is -2.24. The molecule has 0 aliphatic rings. The van der Waals surface area contributed by atoms with Crippen molar-refractivity contribution in [1.29, 1.82) is 0 Å². The normalized spacial score (nSPS) is 10.6. The van der Waals surface area contributed by atoms with E-state index in [9.17, 15) is 9.59 Å². The van der Waals surface area contributed by atoms with Gasteiger partial charge < -0.3 is 14.2 Å². The highest BCUT2D eigenvalue weighted by atomic mass is 16.5. The van der Waals surface area contributed by atoms with Gasteiger partial charge in [-0.05, 0) is 24.3 Å². The molecule has 130 valence electrons. The van der Waals surface area contributed by atoms with E-state index in [0.29, 0.717) is 17.1 Å². The molecule has 8 heteroatoms. The summed E-state index contributed by atoms with van der Waals surface area (Å²) in [5.41, 5.74) is 0.537. The zero-order valence-electron chi connectivity index (χ0n) is 13.8. The molecule has 2 aromatic heterocycles. The van der Waals surface area contributed by atoms with E-state index in [-0.39, 0.29) is 24.4 Å². The number of carbonyl (C=O) groups excluding carboxylic acids is 1. The van der Waals surface area contributed by atoms with Crippen LogP contribution in [0.4, 0.5) is 0 Å². The van der Waals surface area contributed by atoms with Gasteiger partial charge in [-0.15, -0.1) is 5.10 Å². The van der Waals surface area contributed by atoms with Gasteiger partial charge >= 0.3 is 11.7 Å². The number of hydrogen-bond acceptors (Lipinski definition) is 6. The number of rotatable bonds is 6. The SMILES string of the molecule is COc1ccc(C(=O)OCCn2nc3ccccn3c2=O)c(OC)c1. The first kappa shape index (κ1) is 16.6. The molecule has 3 rings (SSSR count). The fourth-order valence-corrected chi connectivity index (χ4v) is 2.38. The molecule has 0 amide bonds. The first-order valence-corrected chi connectivity index (χ1v) is 7.57. The Morgan fingerprint density at radius 3 is 2.72 bits per heavy atom. The second-order valence-electron chi connectivity index (χ2n) is 5.14. The summed E-state index contributed by atoms with van der Waals surface area (Å²) in [6.07, 6.45) is 1.63. The molecule has 0 saturated carbocycles. The summed E-state index contributed by atoms with van der Waals surface area (Å²) >= 11 is 0. The van der Waals surface area contributed by atoms with Crippen LogP contribution in [0.1, 0.15) is 10.4 Å². The molecule has 0 bridgehead atoms. The van der Waals surface area contributed by atoms with Gasteiger partial charge in [0.2, 0.25) is 0 Å². The van der Waals surface area contributed by atoms with Gasteiger partial charge in [0, 0.05) is 12.3 Å². The molecule has 0 spiro atoms. The number of ether oxygens (including phenoxy) is 3. The summed E-state index contributed by atoms with van der Waals surface area (Å²) in [5.74, 6) is 0.384. The standard InChI is InChI=1S/C17H17N3O5/c1-23-12-6-7-13(14(11-12)24-2)16(21)25-10-9-20-17(22)19-8-4-3-5-15(19)18-20/h3-8,11H,9-10H2,1-2H3. The number of aromatic nitrogens is 3. The van der Waals surface area contributed by atoms with Crippen molar-refractivity contribution in [2.75, 3.05) is 20.8 Å². The van der Waals surface area contributed by atoms with Gasteiger partial charge in [-0.2, -0.15) is 0 Å². The van der Waals surface area contributed by atoms with E-state index in [1.807, 2.05) is 0 Å². The molecular formula is C17H17N3O5. The fraction of sp³-hybridized carbons (Fsp3) is 0.235. The maximum Gasteiger partial charge on any atom is 0.350 e. The van der Waals surface area contributed by atoms with Crippen LogP contribution in [0.25, 0.3) is 5.65 Å². The minimum atomic E-state index is -0.545. The molecular weight excluding hydrogens is 326 g/mol. The summed E-state index contributed by atoms with van der Waals surface area (Å²) in [6.45, 7) is 0.169. The lowest BCUT2D eigenvalue weighted by molar-refractivity contribution is 0.0483.